The number of pyridine rings is 1. The monoisotopic (exact) mass is 196 g/mol. The molecule has 0 spiro atoms. The number of nitrogens with one attached hydrogen (secondary N) is 1. The van der Waals surface area contributed by atoms with E-state index in [1.54, 1.807) is 0 Å². The third-order valence-electron chi connectivity index (χ3n) is 2.30. The van der Waals surface area contributed by atoms with Crippen molar-refractivity contribution < 1.29 is 4.39 Å². The molecule has 1 unspecified atom stereocenters. The molecule has 0 aromatic carbocycles. The molecule has 0 radical (unpaired) electrons. The second-order valence-corrected chi connectivity index (χ2v) is 3.23. The molecular formula is C9H11FN3O-. The molecule has 76 valence electrons. The molecule has 1 aromatic heterocycles. The number of hydrogen-bond acceptors (Lipinski definition) is 4. The molecule has 2 heterocycles. The van der Waals surface area contributed by atoms with Gasteiger partial charge < -0.3 is 15.6 Å². The van der Waals surface area contributed by atoms with Crippen LogP contribution >= 0.6 is 0 Å². The third-order valence-corrected chi connectivity index (χ3v) is 2.30. The van der Waals surface area contributed by atoms with Crippen LogP contribution < -0.4 is 5.32 Å². The van der Waals surface area contributed by atoms with Crippen LogP contribution in [0.5, 0.6) is 0 Å². The van der Waals surface area contributed by atoms with Crippen molar-refractivity contribution in [2.45, 2.75) is 6.04 Å². The smallest absolute Gasteiger partial charge is 0.146 e. The Bertz CT molecular complexity index is 321. The van der Waals surface area contributed by atoms with Crippen LogP contribution in [0.1, 0.15) is 11.7 Å². The van der Waals surface area contributed by atoms with Crippen molar-refractivity contribution in [2.75, 3.05) is 19.6 Å². The van der Waals surface area contributed by atoms with E-state index in [9.17, 15) is 9.60 Å². The van der Waals surface area contributed by atoms with Gasteiger partial charge in [-0.2, -0.15) is 0 Å². The van der Waals surface area contributed by atoms with Gasteiger partial charge in [-0.3, -0.25) is 4.98 Å². The SMILES string of the molecule is [O-]N1CCNCC1c1ncccc1F. The number of aromatic nitrogens is 1. The van der Waals surface area contributed by atoms with Crippen LogP contribution in [0.15, 0.2) is 18.3 Å². The Morgan fingerprint density at radius 3 is 3.21 bits per heavy atom. The summed E-state index contributed by atoms with van der Waals surface area (Å²) in [7, 11) is 0. The van der Waals surface area contributed by atoms with Crippen LogP contribution in [0.3, 0.4) is 0 Å². The maximum atomic E-state index is 13.3. The molecule has 1 aliphatic rings. The summed E-state index contributed by atoms with van der Waals surface area (Å²) in [6.45, 7) is 1.48. The predicted molar refractivity (Wildman–Crippen MR) is 49.9 cm³/mol. The Morgan fingerprint density at radius 1 is 1.64 bits per heavy atom. The van der Waals surface area contributed by atoms with Crippen LogP contribution in [-0.4, -0.2) is 29.7 Å². The molecule has 0 bridgehead atoms. The summed E-state index contributed by atoms with van der Waals surface area (Å²) in [4.78, 5) is 3.90. The molecule has 0 amide bonds. The average molecular weight is 196 g/mol. The third kappa shape index (κ3) is 1.75. The minimum absolute atomic E-state index is 0.231. The molecule has 1 atom stereocenters. The standard InChI is InChI=1S/C9H11FN3O/c10-7-2-1-3-12-9(7)8-6-11-4-5-13(8)14/h1-3,8,11H,4-6H2/q-1. The normalized spacial score (nSPS) is 23.7. The Morgan fingerprint density at radius 2 is 2.50 bits per heavy atom. The van der Waals surface area contributed by atoms with Crippen molar-refractivity contribution in [3.63, 3.8) is 0 Å². The zero-order valence-corrected chi connectivity index (χ0v) is 7.61. The van der Waals surface area contributed by atoms with E-state index in [1.807, 2.05) is 0 Å². The van der Waals surface area contributed by atoms with Crippen molar-refractivity contribution >= 4 is 0 Å². The van der Waals surface area contributed by atoms with Crippen LogP contribution in [0, 0.1) is 11.0 Å². The minimum atomic E-state index is -0.495. The number of nitrogens with zero attached hydrogens (tertiary/aromatic N) is 2. The van der Waals surface area contributed by atoms with Gasteiger partial charge in [0.05, 0.1) is 11.7 Å². The summed E-state index contributed by atoms with van der Waals surface area (Å²) in [6, 6.07) is 2.35. The van der Waals surface area contributed by atoms with E-state index in [1.165, 1.54) is 18.3 Å². The molecule has 4 nitrogen and oxygen atoms in total. The Hall–Kier alpha value is -1.04. The molecule has 1 fully saturated rings. The van der Waals surface area contributed by atoms with Crippen molar-refractivity contribution in [2.24, 2.45) is 0 Å². The van der Waals surface area contributed by atoms with Gasteiger partial charge in [-0.25, -0.2) is 4.39 Å². The first-order valence-electron chi connectivity index (χ1n) is 4.54. The van der Waals surface area contributed by atoms with Crippen LogP contribution in [-0.2, 0) is 0 Å². The van der Waals surface area contributed by atoms with Gasteiger partial charge in [-0.15, -0.1) is 0 Å². The molecule has 1 aromatic rings. The Kier molecular flexibility index (Phi) is 2.72. The highest BCUT2D eigenvalue weighted by Crippen LogP contribution is 2.20. The molecule has 0 saturated carbocycles. The Labute approximate surface area is 81.3 Å². The fourth-order valence-corrected chi connectivity index (χ4v) is 1.56. The topological polar surface area (TPSA) is 51.2 Å². The van der Waals surface area contributed by atoms with Gasteiger partial charge in [-0.05, 0) is 18.7 Å². The average Bonchev–Trinajstić information content (AvgIpc) is 2.20. The molecular weight excluding hydrogens is 185 g/mol. The minimum Gasteiger partial charge on any atom is -0.785 e. The van der Waals surface area contributed by atoms with Crippen LogP contribution in [0.2, 0.25) is 0 Å². The lowest BCUT2D eigenvalue weighted by Gasteiger charge is -2.40. The zero-order chi connectivity index (χ0) is 9.97. The van der Waals surface area contributed by atoms with Gasteiger partial charge in [0.1, 0.15) is 5.82 Å². The van der Waals surface area contributed by atoms with E-state index in [2.05, 4.69) is 10.3 Å². The van der Waals surface area contributed by atoms with Gasteiger partial charge in [0, 0.05) is 19.3 Å². The van der Waals surface area contributed by atoms with Crippen molar-refractivity contribution in [1.29, 1.82) is 0 Å². The summed E-state index contributed by atoms with van der Waals surface area (Å²) >= 11 is 0. The fourth-order valence-electron chi connectivity index (χ4n) is 1.56. The maximum Gasteiger partial charge on any atom is 0.146 e. The second kappa shape index (κ2) is 4.00. The lowest BCUT2D eigenvalue weighted by atomic mass is 10.1. The van der Waals surface area contributed by atoms with E-state index in [4.69, 9.17) is 0 Å². The molecule has 1 N–H and O–H groups in total. The summed E-state index contributed by atoms with van der Waals surface area (Å²) in [5, 5.41) is 15.3. The number of piperazine rings is 1. The number of rotatable bonds is 1. The van der Waals surface area contributed by atoms with E-state index >= 15 is 0 Å². The highest BCUT2D eigenvalue weighted by Gasteiger charge is 2.20. The molecule has 1 saturated heterocycles. The molecule has 2 rings (SSSR count). The number of hydroxylamine groups is 2. The summed E-state index contributed by atoms with van der Waals surface area (Å²) in [5.74, 6) is -0.415. The quantitative estimate of drug-likeness (QED) is 0.717. The maximum absolute atomic E-state index is 13.3. The lowest BCUT2D eigenvalue weighted by Crippen LogP contribution is -2.43. The van der Waals surface area contributed by atoms with E-state index in [0.29, 0.717) is 19.6 Å². The Balaban J connectivity index is 2.25. The molecule has 5 heteroatoms. The largest absolute Gasteiger partial charge is 0.785 e. The first-order valence-corrected chi connectivity index (χ1v) is 4.54. The first kappa shape index (κ1) is 9.51. The number of hydrogen-bond donors (Lipinski definition) is 1. The predicted octanol–water partition coefficient (Wildman–Crippen LogP) is 0.665. The second-order valence-electron chi connectivity index (χ2n) is 3.23. The highest BCUT2D eigenvalue weighted by molar-refractivity contribution is 5.13. The van der Waals surface area contributed by atoms with Gasteiger partial charge in [-0.1, -0.05) is 0 Å². The summed E-state index contributed by atoms with van der Waals surface area (Å²) in [5.41, 5.74) is 0.231. The molecule has 0 aliphatic carbocycles. The molecule has 1 aliphatic heterocycles. The van der Waals surface area contributed by atoms with Gasteiger partial charge in [0.2, 0.25) is 0 Å². The highest BCUT2D eigenvalue weighted by atomic mass is 19.1. The van der Waals surface area contributed by atoms with Gasteiger partial charge in [0.15, 0.2) is 0 Å². The van der Waals surface area contributed by atoms with Gasteiger partial charge in [0.25, 0.3) is 0 Å². The lowest BCUT2D eigenvalue weighted by molar-refractivity contribution is 0.222. The zero-order valence-electron chi connectivity index (χ0n) is 7.61. The van der Waals surface area contributed by atoms with E-state index < -0.39 is 11.9 Å². The summed E-state index contributed by atoms with van der Waals surface area (Å²) in [6.07, 6.45) is 1.50. The van der Waals surface area contributed by atoms with Crippen LogP contribution in [0.25, 0.3) is 0 Å². The van der Waals surface area contributed by atoms with E-state index in [-0.39, 0.29) is 5.69 Å². The van der Waals surface area contributed by atoms with Crippen LogP contribution in [0.4, 0.5) is 4.39 Å². The number of halogens is 1. The van der Waals surface area contributed by atoms with Crippen molar-refractivity contribution in [1.82, 2.24) is 15.4 Å². The molecule has 14 heavy (non-hydrogen) atoms. The van der Waals surface area contributed by atoms with Crippen molar-refractivity contribution in [3.8, 4) is 0 Å². The fraction of sp³-hybridized carbons (Fsp3) is 0.444. The summed E-state index contributed by atoms with van der Waals surface area (Å²) < 4.78 is 13.3. The first-order chi connectivity index (χ1) is 6.79. The van der Waals surface area contributed by atoms with E-state index in [0.717, 1.165) is 5.06 Å². The van der Waals surface area contributed by atoms with Crippen molar-refractivity contribution in [3.05, 3.63) is 35.0 Å². The van der Waals surface area contributed by atoms with Gasteiger partial charge >= 0.3 is 0 Å².